The van der Waals surface area contributed by atoms with E-state index in [4.69, 9.17) is 0 Å². The molecule has 0 rings (SSSR count). The molecule has 0 aromatic carbocycles. The molecular weight excluding hydrogens is 551 g/mol. The third-order valence-electron chi connectivity index (χ3n) is 5.55. The molecule has 206 valence electrons. The van der Waals surface area contributed by atoms with Crippen molar-refractivity contribution < 1.29 is 29.7 Å². The van der Waals surface area contributed by atoms with Gasteiger partial charge >= 0.3 is 17.9 Å². The molecule has 8 radical (unpaired) electrons. The first-order chi connectivity index (χ1) is 16.1. The van der Waals surface area contributed by atoms with Crippen LogP contribution in [0, 0.1) is 24.7 Å². The van der Waals surface area contributed by atoms with Crippen molar-refractivity contribution in [2.45, 2.75) is 138 Å². The molecule has 0 spiro atoms. The van der Waals surface area contributed by atoms with E-state index in [1.54, 1.807) is 0 Å². The smallest absolute Gasteiger partial charge is 0.247 e. The summed E-state index contributed by atoms with van der Waals surface area (Å²) in [5.41, 5.74) is 0. The quantitative estimate of drug-likeness (QED) is 0.168. The Hall–Kier alpha value is -0.791. The monoisotopic (exact) mass is 606 g/mol. The minimum atomic E-state index is -0.893. The van der Waals surface area contributed by atoms with E-state index in [-0.39, 0.29) is 41.7 Å². The Labute approximate surface area is 234 Å². The summed E-state index contributed by atoms with van der Waals surface area (Å²) >= 11 is 0. The van der Waals surface area contributed by atoms with E-state index in [0.717, 1.165) is 64.2 Å². The van der Waals surface area contributed by atoms with Crippen LogP contribution in [0.4, 0.5) is 0 Å². The van der Waals surface area contributed by atoms with E-state index < -0.39 is 17.9 Å². The second kappa shape index (κ2) is 35.4. The second-order valence-electron chi connectivity index (χ2n) is 8.55. The van der Waals surface area contributed by atoms with Crippen LogP contribution in [0.3, 0.4) is 0 Å². The molecule has 0 N–H and O–H groups in total. The fourth-order valence-corrected chi connectivity index (χ4v) is 2.82. The Balaban J connectivity index is -0.000000118. The van der Waals surface area contributed by atoms with Gasteiger partial charge in [0.2, 0.25) is 0 Å². The van der Waals surface area contributed by atoms with Gasteiger partial charge in [-0.2, -0.15) is 0 Å². The minimum Gasteiger partial charge on any atom is -0.247 e. The number of carbonyl (C=O) groups is 3. The van der Waals surface area contributed by atoms with Crippen LogP contribution in [0.1, 0.15) is 138 Å². The van der Waals surface area contributed by atoms with E-state index in [0.29, 0.717) is 19.3 Å². The summed E-state index contributed by atoms with van der Waals surface area (Å²) in [5.74, 6) is -3.34. The molecule has 3 unspecified atom stereocenters. The molecule has 0 amide bonds. The van der Waals surface area contributed by atoms with Crippen LogP contribution < -0.4 is 0 Å². The molecular formula is C28H54O6Sn. The summed E-state index contributed by atoms with van der Waals surface area (Å²) in [6.07, 6.45) is 12.8. The number of hydrogen-bond donors (Lipinski definition) is 0. The Morgan fingerprint density at radius 1 is 0.514 bits per heavy atom. The van der Waals surface area contributed by atoms with E-state index in [9.17, 15) is 29.7 Å². The molecule has 0 bridgehead atoms. The maximum absolute atomic E-state index is 10.3. The fraction of sp³-hybridized carbons (Fsp3) is 0.857. The van der Waals surface area contributed by atoms with Crippen molar-refractivity contribution in [1.29, 1.82) is 0 Å². The first-order valence-electron chi connectivity index (χ1n) is 13.5. The molecule has 6 nitrogen and oxygen atoms in total. The van der Waals surface area contributed by atoms with E-state index in [1.807, 2.05) is 20.8 Å². The third kappa shape index (κ3) is 35.4. The Kier molecular flexibility index (Phi) is 44.7. The van der Waals surface area contributed by atoms with Gasteiger partial charge in [0.05, 0.1) is 17.8 Å². The molecule has 3 atom stereocenters. The van der Waals surface area contributed by atoms with Crippen LogP contribution in [-0.2, 0) is 29.7 Å². The van der Waals surface area contributed by atoms with Gasteiger partial charge in [0.25, 0.3) is 0 Å². The predicted molar refractivity (Wildman–Crippen MR) is 143 cm³/mol. The van der Waals surface area contributed by atoms with Crippen LogP contribution >= 0.6 is 0 Å². The molecule has 0 saturated heterocycles. The molecule has 0 saturated carbocycles. The molecule has 0 aliphatic rings. The van der Waals surface area contributed by atoms with Crippen molar-refractivity contribution in [2.24, 2.45) is 17.8 Å². The normalized spacial score (nSPS) is 12.0. The summed E-state index contributed by atoms with van der Waals surface area (Å²) in [6, 6.07) is 0. The zero-order chi connectivity index (χ0) is 27.4. The predicted octanol–water partition coefficient (Wildman–Crippen LogP) is 7.72. The molecule has 0 fully saturated rings. The van der Waals surface area contributed by atoms with Crippen molar-refractivity contribution in [2.75, 3.05) is 0 Å². The van der Waals surface area contributed by atoms with Gasteiger partial charge in [0, 0.05) is 23.9 Å². The van der Waals surface area contributed by atoms with Gasteiger partial charge in [0.15, 0.2) is 0 Å². The third-order valence-corrected chi connectivity index (χ3v) is 5.55. The summed E-state index contributed by atoms with van der Waals surface area (Å²) in [4.78, 5) is 31.0. The number of carbonyl (C=O) groups excluding carboxylic acids is 3. The van der Waals surface area contributed by atoms with Gasteiger partial charge in [-0.15, -0.1) is 0 Å². The second-order valence-corrected chi connectivity index (χ2v) is 8.55. The molecule has 0 aliphatic carbocycles. The summed E-state index contributed by atoms with van der Waals surface area (Å²) in [5, 5.41) is 31.0. The van der Waals surface area contributed by atoms with Gasteiger partial charge in [-0.1, -0.05) is 107 Å². The maximum atomic E-state index is 10.3. The Morgan fingerprint density at radius 2 is 0.714 bits per heavy atom. The van der Waals surface area contributed by atoms with Gasteiger partial charge < -0.3 is 0 Å². The van der Waals surface area contributed by atoms with Crippen LogP contribution in [-0.4, -0.2) is 41.8 Å². The van der Waals surface area contributed by atoms with Gasteiger partial charge in [-0.3, -0.25) is 0 Å². The van der Waals surface area contributed by atoms with Crippen molar-refractivity contribution in [3.05, 3.63) is 6.92 Å². The zero-order valence-corrected chi connectivity index (χ0v) is 26.6. The number of hydrogen-bond acceptors (Lipinski definition) is 3. The first kappa shape index (κ1) is 44.2. The van der Waals surface area contributed by atoms with Crippen molar-refractivity contribution >= 4 is 41.8 Å². The van der Waals surface area contributed by atoms with Crippen molar-refractivity contribution in [3.8, 4) is 0 Å². The SMILES string of the molecule is CCCCC(CC)C([O])=O.CCCCC(CC)C([O])=O.CCCCC(CC)C([O])=O.[CH2]CCC.[Sn]. The minimum absolute atomic E-state index is 0. The van der Waals surface area contributed by atoms with Gasteiger partial charge in [-0.25, -0.2) is 29.7 Å². The fourth-order valence-electron chi connectivity index (χ4n) is 2.82. The van der Waals surface area contributed by atoms with Crippen LogP contribution in [0.25, 0.3) is 0 Å². The molecule has 7 heteroatoms. The van der Waals surface area contributed by atoms with Gasteiger partial charge in [0.1, 0.15) is 0 Å². The first-order valence-corrected chi connectivity index (χ1v) is 13.5. The van der Waals surface area contributed by atoms with E-state index in [2.05, 4.69) is 34.6 Å². The molecule has 0 aromatic rings. The average Bonchev–Trinajstić information content (AvgIpc) is 2.81. The Morgan fingerprint density at radius 3 is 0.800 bits per heavy atom. The van der Waals surface area contributed by atoms with E-state index in [1.165, 1.54) is 6.42 Å². The Bertz CT molecular complexity index is 393. The zero-order valence-electron chi connectivity index (χ0n) is 23.8. The molecule has 0 aromatic heterocycles. The number of rotatable bonds is 16. The maximum Gasteiger partial charge on any atom is 0.358 e. The molecule has 0 aliphatic heterocycles. The number of unbranched alkanes of at least 4 members (excludes halogenated alkanes) is 4. The van der Waals surface area contributed by atoms with Crippen LogP contribution in [0.5, 0.6) is 0 Å². The average molecular weight is 605 g/mol. The van der Waals surface area contributed by atoms with E-state index >= 15 is 0 Å². The standard InChI is InChI=1S/3C8H15O2.C4H9.Sn/c3*1-3-5-6-7(4-2)8(9)10;1-3-4-2;/h3*7H,3-6H2,1-2H3;1,3-4H2,2H3;. The largest absolute Gasteiger partial charge is 0.358 e. The van der Waals surface area contributed by atoms with Gasteiger partial charge in [-0.05, 0) is 38.5 Å². The van der Waals surface area contributed by atoms with Crippen LogP contribution in [0.2, 0.25) is 0 Å². The molecule has 35 heavy (non-hydrogen) atoms. The van der Waals surface area contributed by atoms with Crippen molar-refractivity contribution in [1.82, 2.24) is 0 Å². The summed E-state index contributed by atoms with van der Waals surface area (Å²) in [6.45, 7) is 17.5. The summed E-state index contributed by atoms with van der Waals surface area (Å²) in [7, 11) is 0. The van der Waals surface area contributed by atoms with Crippen LogP contribution in [0.15, 0.2) is 0 Å². The summed E-state index contributed by atoms with van der Waals surface area (Å²) < 4.78 is 0. The topological polar surface area (TPSA) is 111 Å². The molecule has 0 heterocycles. The van der Waals surface area contributed by atoms with Crippen molar-refractivity contribution in [3.63, 3.8) is 0 Å².